The molecule has 2 aromatic rings. The van der Waals surface area contributed by atoms with Crippen LogP contribution in [-0.2, 0) is 21.9 Å². The van der Waals surface area contributed by atoms with Crippen molar-refractivity contribution in [2.75, 3.05) is 11.9 Å². The summed E-state index contributed by atoms with van der Waals surface area (Å²) in [4.78, 5) is 24.9. The Morgan fingerprint density at radius 3 is 1.85 bits per heavy atom. The fourth-order valence-electron chi connectivity index (χ4n) is 2.67. The van der Waals surface area contributed by atoms with Gasteiger partial charge in [-0.05, 0) is 49.4 Å². The van der Waals surface area contributed by atoms with Gasteiger partial charge in [-0.1, -0.05) is 6.07 Å². The normalized spacial score (nSPS) is 14.2. The summed E-state index contributed by atoms with van der Waals surface area (Å²) in [6.07, 6.45) is -15.4. The Hall–Kier alpha value is -3.45. The molecule has 0 fully saturated rings. The summed E-state index contributed by atoms with van der Waals surface area (Å²) in [5.41, 5.74) is -8.15. The van der Waals surface area contributed by atoms with Crippen molar-refractivity contribution < 1.29 is 53.8 Å². The molecule has 0 saturated carbocycles. The van der Waals surface area contributed by atoms with Gasteiger partial charge in [0.05, 0.1) is 17.7 Å². The first-order chi connectivity index (χ1) is 15.5. The molecule has 0 unspecified atom stereocenters. The number of amides is 1. The predicted octanol–water partition coefficient (Wildman–Crippen LogP) is 5.39. The van der Waals surface area contributed by atoms with Gasteiger partial charge in [-0.3, -0.25) is 4.79 Å². The van der Waals surface area contributed by atoms with E-state index in [0.717, 1.165) is 19.1 Å². The van der Waals surface area contributed by atoms with E-state index in [1.165, 1.54) is 5.32 Å². The zero-order valence-corrected chi connectivity index (χ0v) is 17.0. The van der Waals surface area contributed by atoms with Crippen molar-refractivity contribution in [2.45, 2.75) is 31.1 Å². The maximum atomic E-state index is 14.1. The molecule has 2 rings (SSSR count). The Bertz CT molecular complexity index is 1030. The molecular weight excluding hydrogens is 487 g/mol. The molecule has 0 bridgehead atoms. The minimum Gasteiger partial charge on any atom is -0.463 e. The van der Waals surface area contributed by atoms with Gasteiger partial charge in [0.25, 0.3) is 5.91 Å². The standard InChI is InChI=1S/C20H15F9N2O3/c1-2-34-16(33)17(20(27,28)29,30-14-8-6-12(7-9-14)18(21,22)23)31-15(32)11-4-3-5-13(10-11)19(24,25)26/h3-10,30H,2H2,1H3,(H,31,32)/t17-/m0/s1. The molecule has 34 heavy (non-hydrogen) atoms. The van der Waals surface area contributed by atoms with E-state index in [9.17, 15) is 49.1 Å². The van der Waals surface area contributed by atoms with E-state index >= 15 is 0 Å². The number of hydrogen-bond donors (Lipinski definition) is 2. The monoisotopic (exact) mass is 502 g/mol. The number of esters is 1. The van der Waals surface area contributed by atoms with E-state index in [1.807, 2.05) is 0 Å². The second kappa shape index (κ2) is 9.43. The number of hydrogen-bond acceptors (Lipinski definition) is 4. The Morgan fingerprint density at radius 1 is 0.824 bits per heavy atom. The first-order valence-electron chi connectivity index (χ1n) is 9.20. The van der Waals surface area contributed by atoms with Crippen LogP contribution in [0, 0.1) is 0 Å². The molecular formula is C20H15F9N2O3. The van der Waals surface area contributed by atoms with E-state index in [2.05, 4.69) is 4.74 Å². The summed E-state index contributed by atoms with van der Waals surface area (Å²) >= 11 is 0. The van der Waals surface area contributed by atoms with Gasteiger partial charge in [-0.15, -0.1) is 0 Å². The first-order valence-corrected chi connectivity index (χ1v) is 9.20. The quantitative estimate of drug-likeness (QED) is 0.316. The lowest BCUT2D eigenvalue weighted by Crippen LogP contribution is -2.69. The van der Waals surface area contributed by atoms with Crippen LogP contribution in [0.25, 0.3) is 0 Å². The van der Waals surface area contributed by atoms with Gasteiger partial charge in [-0.2, -0.15) is 39.5 Å². The van der Waals surface area contributed by atoms with Gasteiger partial charge in [0.15, 0.2) is 0 Å². The van der Waals surface area contributed by atoms with Crippen molar-refractivity contribution in [1.82, 2.24) is 5.32 Å². The molecule has 2 aromatic carbocycles. The minimum absolute atomic E-state index is 0.264. The summed E-state index contributed by atoms with van der Waals surface area (Å²) in [6.45, 7) is 0.552. The average molecular weight is 502 g/mol. The Balaban J connectivity index is 2.53. The minimum atomic E-state index is -5.65. The highest BCUT2D eigenvalue weighted by atomic mass is 19.4. The molecule has 14 heteroatoms. The third kappa shape index (κ3) is 5.91. The second-order valence-electron chi connectivity index (χ2n) is 6.70. The van der Waals surface area contributed by atoms with Gasteiger partial charge in [0.2, 0.25) is 0 Å². The molecule has 5 nitrogen and oxygen atoms in total. The number of halogens is 9. The van der Waals surface area contributed by atoms with Gasteiger partial charge in [0.1, 0.15) is 0 Å². The Morgan fingerprint density at radius 2 is 1.38 bits per heavy atom. The highest BCUT2D eigenvalue weighted by molar-refractivity contribution is 5.99. The van der Waals surface area contributed by atoms with Crippen molar-refractivity contribution in [3.63, 3.8) is 0 Å². The first kappa shape index (κ1) is 26.8. The van der Waals surface area contributed by atoms with Crippen LogP contribution in [0.1, 0.15) is 28.4 Å². The van der Waals surface area contributed by atoms with Crippen LogP contribution in [0.2, 0.25) is 0 Å². The molecule has 0 aliphatic rings. The summed E-state index contributed by atoms with van der Waals surface area (Å²) in [6, 6.07) is 4.35. The molecule has 0 heterocycles. The molecule has 0 radical (unpaired) electrons. The van der Waals surface area contributed by atoms with Crippen molar-refractivity contribution >= 4 is 17.6 Å². The van der Waals surface area contributed by atoms with Gasteiger partial charge in [0, 0.05) is 11.3 Å². The van der Waals surface area contributed by atoms with Crippen LogP contribution in [0.3, 0.4) is 0 Å². The van der Waals surface area contributed by atoms with E-state index in [-0.39, 0.29) is 6.07 Å². The molecule has 1 amide bonds. The fraction of sp³-hybridized carbons (Fsp3) is 0.300. The van der Waals surface area contributed by atoms with Crippen molar-refractivity contribution in [2.24, 2.45) is 0 Å². The van der Waals surface area contributed by atoms with Crippen LogP contribution in [0.15, 0.2) is 48.5 Å². The van der Waals surface area contributed by atoms with Gasteiger partial charge < -0.3 is 15.4 Å². The maximum Gasteiger partial charge on any atom is 0.441 e. The number of carbonyl (C=O) groups excluding carboxylic acids is 2. The van der Waals surface area contributed by atoms with Crippen LogP contribution in [0.5, 0.6) is 0 Å². The second-order valence-corrected chi connectivity index (χ2v) is 6.70. The van der Waals surface area contributed by atoms with E-state index in [0.29, 0.717) is 30.3 Å². The zero-order valence-electron chi connectivity index (χ0n) is 17.0. The Labute approximate surface area is 185 Å². The van der Waals surface area contributed by atoms with Gasteiger partial charge >= 0.3 is 30.2 Å². The number of nitrogens with one attached hydrogen (secondary N) is 2. The fourth-order valence-corrected chi connectivity index (χ4v) is 2.67. The number of ether oxygens (including phenoxy) is 1. The number of carbonyl (C=O) groups is 2. The molecule has 0 aromatic heterocycles. The van der Waals surface area contributed by atoms with Gasteiger partial charge in [-0.25, -0.2) is 4.79 Å². The van der Waals surface area contributed by atoms with E-state index < -0.39 is 65.1 Å². The van der Waals surface area contributed by atoms with Crippen LogP contribution >= 0.6 is 0 Å². The number of anilines is 1. The third-order valence-electron chi connectivity index (χ3n) is 4.30. The maximum absolute atomic E-state index is 14.1. The average Bonchev–Trinajstić information content (AvgIpc) is 2.71. The lowest BCUT2D eigenvalue weighted by atomic mass is 10.1. The molecule has 0 saturated heterocycles. The van der Waals surface area contributed by atoms with Crippen LogP contribution in [-0.4, -0.2) is 30.3 Å². The number of benzene rings is 2. The van der Waals surface area contributed by atoms with Crippen molar-refractivity contribution in [3.05, 3.63) is 65.2 Å². The molecule has 2 N–H and O–H groups in total. The molecule has 0 aliphatic heterocycles. The van der Waals surface area contributed by atoms with Crippen LogP contribution < -0.4 is 10.6 Å². The topological polar surface area (TPSA) is 67.4 Å². The molecule has 0 spiro atoms. The summed E-state index contributed by atoms with van der Waals surface area (Å²) in [5, 5.41) is 2.92. The molecule has 1 atom stereocenters. The largest absolute Gasteiger partial charge is 0.463 e. The van der Waals surface area contributed by atoms with Crippen LogP contribution in [0.4, 0.5) is 45.2 Å². The molecule has 0 aliphatic carbocycles. The Kier molecular flexibility index (Phi) is 7.43. The number of alkyl halides is 9. The molecule has 186 valence electrons. The van der Waals surface area contributed by atoms with Crippen molar-refractivity contribution in [1.29, 1.82) is 0 Å². The highest BCUT2D eigenvalue weighted by Gasteiger charge is 2.63. The summed E-state index contributed by atoms with van der Waals surface area (Å²) in [5.74, 6) is -3.83. The summed E-state index contributed by atoms with van der Waals surface area (Å²) in [7, 11) is 0. The lowest BCUT2D eigenvalue weighted by molar-refractivity contribution is -0.204. The predicted molar refractivity (Wildman–Crippen MR) is 99.4 cm³/mol. The number of rotatable bonds is 6. The lowest BCUT2D eigenvalue weighted by Gasteiger charge is -2.35. The SMILES string of the molecule is CCOC(=O)[C@@](NC(=O)c1cccc(C(F)(F)F)c1)(Nc1ccc(C(F)(F)F)cc1)C(F)(F)F. The highest BCUT2D eigenvalue weighted by Crippen LogP contribution is 2.35. The van der Waals surface area contributed by atoms with Crippen molar-refractivity contribution in [3.8, 4) is 0 Å². The van der Waals surface area contributed by atoms with E-state index in [1.54, 1.807) is 5.32 Å². The van der Waals surface area contributed by atoms with E-state index in [4.69, 9.17) is 0 Å². The smallest absolute Gasteiger partial charge is 0.441 e. The zero-order chi connectivity index (χ0) is 25.9. The summed E-state index contributed by atoms with van der Waals surface area (Å²) < 4.78 is 124. The third-order valence-corrected chi connectivity index (χ3v) is 4.30.